The maximum atomic E-state index is 13.7. The van der Waals surface area contributed by atoms with Crippen LogP contribution in [0.3, 0.4) is 0 Å². The van der Waals surface area contributed by atoms with Crippen LogP contribution in [0.15, 0.2) is 47.5 Å². The zero-order valence-corrected chi connectivity index (χ0v) is 19.0. The summed E-state index contributed by atoms with van der Waals surface area (Å²) in [6.45, 7) is 1.93. The molecule has 2 aliphatic rings. The van der Waals surface area contributed by atoms with Crippen molar-refractivity contribution in [2.24, 2.45) is 0 Å². The zero-order chi connectivity index (χ0) is 23.6. The highest BCUT2D eigenvalue weighted by Gasteiger charge is 2.55. The van der Waals surface area contributed by atoms with Crippen molar-refractivity contribution in [3.05, 3.63) is 54.2 Å². The Morgan fingerprint density at radius 1 is 1.36 bits per heavy atom. The molecule has 0 aromatic carbocycles. The van der Waals surface area contributed by atoms with Crippen LogP contribution >= 0.6 is 0 Å². The van der Waals surface area contributed by atoms with Crippen molar-refractivity contribution in [3.63, 3.8) is 0 Å². The number of sulfone groups is 1. The van der Waals surface area contributed by atoms with Crippen LogP contribution in [0.1, 0.15) is 42.1 Å². The van der Waals surface area contributed by atoms with Gasteiger partial charge in [-0.2, -0.15) is 0 Å². The van der Waals surface area contributed by atoms with Gasteiger partial charge in [-0.1, -0.05) is 19.4 Å². The molecule has 4 heterocycles. The molecule has 4 unspecified atom stereocenters. The number of nitrogens with one attached hydrogen (secondary N) is 2. The van der Waals surface area contributed by atoms with Gasteiger partial charge in [0.2, 0.25) is 5.91 Å². The van der Waals surface area contributed by atoms with Crippen molar-refractivity contribution in [3.8, 4) is 0 Å². The Morgan fingerprint density at radius 3 is 2.85 bits per heavy atom. The van der Waals surface area contributed by atoms with Gasteiger partial charge in [0, 0.05) is 24.9 Å². The average Bonchev–Trinajstić information content (AvgIpc) is 3.52. The molecule has 2 N–H and O–H groups in total. The average molecular weight is 475 g/mol. The number of aromatic nitrogens is 1. The zero-order valence-electron chi connectivity index (χ0n) is 18.1. The Bertz CT molecular complexity index is 1120. The molecule has 4 atom stereocenters. The summed E-state index contributed by atoms with van der Waals surface area (Å²) in [6.07, 6.45) is 6.61. The number of hydrogen-bond acceptors (Lipinski definition) is 8. The predicted molar refractivity (Wildman–Crippen MR) is 118 cm³/mol. The molecule has 2 saturated heterocycles. The van der Waals surface area contributed by atoms with Gasteiger partial charge in [0.1, 0.15) is 23.7 Å². The summed E-state index contributed by atoms with van der Waals surface area (Å²) in [5, 5.41) is 4.54. The highest BCUT2D eigenvalue weighted by atomic mass is 32.2. The van der Waals surface area contributed by atoms with Crippen LogP contribution in [0.5, 0.6) is 0 Å². The largest absolute Gasteiger partial charge is 0.472 e. The van der Waals surface area contributed by atoms with Gasteiger partial charge in [0.25, 0.3) is 5.91 Å². The normalized spacial score (nSPS) is 23.4. The molecule has 0 spiro atoms. The number of carbonyl (C=O) groups excluding carboxylic acids is 3. The highest BCUT2D eigenvalue weighted by molar-refractivity contribution is 7.91. The summed E-state index contributed by atoms with van der Waals surface area (Å²) in [7, 11) is -3.85. The lowest BCUT2D eigenvalue weighted by Gasteiger charge is -2.32. The Balaban J connectivity index is 1.63. The van der Waals surface area contributed by atoms with E-state index < -0.39 is 45.2 Å². The van der Waals surface area contributed by atoms with Crippen molar-refractivity contribution >= 4 is 27.4 Å². The summed E-state index contributed by atoms with van der Waals surface area (Å²) in [4.78, 5) is 44.0. The Kier molecular flexibility index (Phi) is 6.61. The fraction of sp³-hybridized carbons (Fsp3) is 0.455. The number of amides is 2. The molecule has 0 bridgehead atoms. The fourth-order valence-electron chi connectivity index (χ4n) is 4.52. The van der Waals surface area contributed by atoms with Gasteiger partial charge < -0.3 is 20.0 Å². The van der Waals surface area contributed by atoms with Crippen molar-refractivity contribution in [1.29, 1.82) is 0 Å². The molecule has 0 aliphatic carbocycles. The maximum absolute atomic E-state index is 13.7. The molecular formula is C22H26N4O6S. The number of hydrogen-bond donors (Lipinski definition) is 2. The molecular weight excluding hydrogens is 448 g/mol. The third-order valence-corrected chi connectivity index (χ3v) is 8.02. The van der Waals surface area contributed by atoms with Gasteiger partial charge in [-0.05, 0) is 24.1 Å². The van der Waals surface area contributed by atoms with E-state index in [4.69, 9.17) is 4.42 Å². The Labute approximate surface area is 191 Å². The van der Waals surface area contributed by atoms with E-state index in [0.717, 1.165) is 0 Å². The van der Waals surface area contributed by atoms with Crippen molar-refractivity contribution in [2.45, 2.75) is 55.4 Å². The number of pyridine rings is 1. The first-order valence-electron chi connectivity index (χ1n) is 10.8. The molecule has 2 aliphatic heterocycles. The number of rotatable bonds is 8. The molecule has 0 radical (unpaired) electrons. The Hall–Kier alpha value is -3.05. The monoisotopic (exact) mass is 474 g/mol. The van der Waals surface area contributed by atoms with Crippen LogP contribution in [-0.2, 0) is 25.2 Å². The van der Waals surface area contributed by atoms with Gasteiger partial charge >= 0.3 is 0 Å². The number of nitrogens with zero attached hydrogens (tertiary/aromatic N) is 2. The minimum atomic E-state index is -3.85. The highest BCUT2D eigenvalue weighted by Crippen LogP contribution is 2.34. The number of Topliss-reactive ketones (excluding diaryl/α,β-unsaturated/α-hetero) is 1. The van der Waals surface area contributed by atoms with Crippen LogP contribution < -0.4 is 10.6 Å². The van der Waals surface area contributed by atoms with E-state index in [0.29, 0.717) is 18.4 Å². The van der Waals surface area contributed by atoms with E-state index in [2.05, 4.69) is 15.6 Å². The molecule has 2 aromatic heterocycles. The summed E-state index contributed by atoms with van der Waals surface area (Å²) in [5.41, 5.74) is 0.752. The second-order valence-corrected chi connectivity index (χ2v) is 10.5. The number of ketones is 1. The molecule has 33 heavy (non-hydrogen) atoms. The lowest BCUT2D eigenvalue weighted by molar-refractivity contribution is -0.138. The predicted octanol–water partition coefficient (Wildman–Crippen LogP) is 0.656. The first-order chi connectivity index (χ1) is 15.8. The lowest BCUT2D eigenvalue weighted by atomic mass is 10.1. The standard InChI is InChI=1S/C22H26N4O6S/c1-2-4-16(25-21(28)15-6-8-32-12-15)22(29)26-19(9-17-20(26)18(27)11-24-17)33(30,31)13-14-5-3-7-23-10-14/h3,5-8,10,12,16-17,19-20,24H,2,4,9,11,13H2,1H3,(H,25,28). The minimum absolute atomic E-state index is 0.0777. The second-order valence-electron chi connectivity index (χ2n) is 8.33. The number of likely N-dealkylation sites (tertiary alicyclic amines) is 1. The van der Waals surface area contributed by atoms with Crippen LogP contribution in [0.25, 0.3) is 0 Å². The first-order valence-corrected chi connectivity index (χ1v) is 12.5. The summed E-state index contributed by atoms with van der Waals surface area (Å²) < 4.78 is 31.7. The van der Waals surface area contributed by atoms with Crippen molar-refractivity contribution < 1.29 is 27.2 Å². The molecule has 4 rings (SSSR count). The molecule has 176 valence electrons. The molecule has 0 saturated carbocycles. The summed E-state index contributed by atoms with van der Waals surface area (Å²) >= 11 is 0. The fourth-order valence-corrected chi connectivity index (χ4v) is 6.42. The smallest absolute Gasteiger partial charge is 0.255 e. The van der Waals surface area contributed by atoms with Gasteiger partial charge in [-0.25, -0.2) is 8.42 Å². The topological polar surface area (TPSA) is 139 Å². The van der Waals surface area contributed by atoms with E-state index >= 15 is 0 Å². The van der Waals surface area contributed by atoms with Crippen LogP contribution in [-0.4, -0.2) is 65.9 Å². The molecule has 2 amide bonds. The Morgan fingerprint density at radius 2 is 2.18 bits per heavy atom. The van der Waals surface area contributed by atoms with Crippen LogP contribution in [0.4, 0.5) is 0 Å². The molecule has 2 fully saturated rings. The van der Waals surface area contributed by atoms with Crippen LogP contribution in [0, 0.1) is 0 Å². The van der Waals surface area contributed by atoms with Gasteiger partial charge in [0.15, 0.2) is 15.6 Å². The lowest BCUT2D eigenvalue weighted by Crippen LogP contribution is -2.56. The van der Waals surface area contributed by atoms with E-state index in [9.17, 15) is 22.8 Å². The van der Waals surface area contributed by atoms with Gasteiger partial charge in [-0.15, -0.1) is 0 Å². The summed E-state index contributed by atoms with van der Waals surface area (Å²) in [5.74, 6) is -1.61. The molecule has 10 nitrogen and oxygen atoms in total. The third kappa shape index (κ3) is 4.69. The van der Waals surface area contributed by atoms with Gasteiger partial charge in [-0.3, -0.25) is 19.4 Å². The molecule has 2 aromatic rings. The van der Waals surface area contributed by atoms with Crippen molar-refractivity contribution in [1.82, 2.24) is 20.5 Å². The number of fused-ring (bicyclic) bond motifs is 1. The maximum Gasteiger partial charge on any atom is 0.255 e. The first kappa shape index (κ1) is 23.1. The number of carbonyl (C=O) groups is 3. The minimum Gasteiger partial charge on any atom is -0.472 e. The van der Waals surface area contributed by atoms with E-state index in [1.54, 1.807) is 18.3 Å². The second kappa shape index (κ2) is 9.44. The quantitative estimate of drug-likeness (QED) is 0.569. The SMILES string of the molecule is CCCC(NC(=O)c1ccoc1)C(=O)N1C2C(=O)CNC2CC1S(=O)(=O)Cc1cccnc1. The van der Waals surface area contributed by atoms with E-state index in [1.807, 2.05) is 6.92 Å². The van der Waals surface area contributed by atoms with E-state index in [-0.39, 0.29) is 30.1 Å². The van der Waals surface area contributed by atoms with Gasteiger partial charge in [0.05, 0.1) is 24.1 Å². The van der Waals surface area contributed by atoms with Crippen LogP contribution in [0.2, 0.25) is 0 Å². The summed E-state index contributed by atoms with van der Waals surface area (Å²) in [6, 6.07) is 2.48. The molecule has 11 heteroatoms. The van der Waals surface area contributed by atoms with E-state index in [1.165, 1.54) is 29.7 Å². The third-order valence-electron chi connectivity index (χ3n) is 6.04. The van der Waals surface area contributed by atoms with Crippen molar-refractivity contribution in [2.75, 3.05) is 6.54 Å². The number of furan rings is 1.